The van der Waals surface area contributed by atoms with Gasteiger partial charge in [0.15, 0.2) is 0 Å². The van der Waals surface area contributed by atoms with Crippen LogP contribution in [0.3, 0.4) is 0 Å². The van der Waals surface area contributed by atoms with Crippen molar-refractivity contribution < 1.29 is 4.39 Å². The van der Waals surface area contributed by atoms with E-state index in [4.69, 9.17) is 0 Å². The number of nitrogens with zero attached hydrogens (tertiary/aromatic N) is 2. The van der Waals surface area contributed by atoms with Crippen LogP contribution in [-0.2, 0) is 13.0 Å². The molecule has 0 radical (unpaired) electrons. The summed E-state index contributed by atoms with van der Waals surface area (Å²) in [6.45, 7) is 3.65. The predicted octanol–water partition coefficient (Wildman–Crippen LogP) is 5.31. The van der Waals surface area contributed by atoms with Gasteiger partial charge in [-0.05, 0) is 48.4 Å². The van der Waals surface area contributed by atoms with E-state index in [2.05, 4.69) is 63.7 Å². The van der Waals surface area contributed by atoms with Gasteiger partial charge in [0, 0.05) is 43.3 Å². The second-order valence-electron chi connectivity index (χ2n) is 7.83. The molecule has 0 saturated heterocycles. The van der Waals surface area contributed by atoms with Gasteiger partial charge in [0.05, 0.1) is 5.52 Å². The van der Waals surface area contributed by atoms with Crippen molar-refractivity contribution in [1.29, 1.82) is 0 Å². The molecule has 4 aromatic rings. The van der Waals surface area contributed by atoms with Gasteiger partial charge in [-0.3, -0.25) is 9.88 Å². The van der Waals surface area contributed by atoms with Gasteiger partial charge in [-0.15, -0.1) is 0 Å². The minimum absolute atomic E-state index is 0.188. The van der Waals surface area contributed by atoms with Gasteiger partial charge in [0.1, 0.15) is 5.82 Å². The Labute approximate surface area is 183 Å². The molecule has 0 unspecified atom stereocenters. The van der Waals surface area contributed by atoms with Gasteiger partial charge in [0.25, 0.3) is 0 Å². The second-order valence-corrected chi connectivity index (χ2v) is 7.83. The Morgan fingerprint density at radius 3 is 2.35 bits per heavy atom. The molecule has 0 aliphatic rings. The molecule has 1 N–H and O–H groups in total. The zero-order valence-electron chi connectivity index (χ0n) is 17.9. The van der Waals surface area contributed by atoms with Crippen molar-refractivity contribution in [3.05, 3.63) is 102 Å². The van der Waals surface area contributed by atoms with Crippen LogP contribution in [0, 0.1) is 5.82 Å². The maximum atomic E-state index is 13.2. The molecule has 3 aromatic carbocycles. The van der Waals surface area contributed by atoms with Crippen molar-refractivity contribution in [2.45, 2.75) is 13.0 Å². The lowest BCUT2D eigenvalue weighted by Crippen LogP contribution is -2.32. The molecule has 158 valence electrons. The zero-order chi connectivity index (χ0) is 21.5. The standard InChI is InChI=1S/C27H28FN3/c1-29-17-19-31(20-22-9-13-25(28)14-10-22)18-15-21-7-11-23(12-8-21)26-6-2-4-24-5-3-16-30-27(24)26/h2-14,16,29H,15,17-20H2,1H3. The number of aromatic nitrogens is 1. The Bertz CT molecular complexity index is 1100. The lowest BCUT2D eigenvalue weighted by molar-refractivity contribution is 0.270. The highest BCUT2D eigenvalue weighted by molar-refractivity contribution is 5.93. The minimum atomic E-state index is -0.188. The summed E-state index contributed by atoms with van der Waals surface area (Å²) < 4.78 is 13.2. The largest absolute Gasteiger partial charge is 0.318 e. The highest BCUT2D eigenvalue weighted by Gasteiger charge is 2.08. The first-order valence-corrected chi connectivity index (χ1v) is 10.8. The molecule has 0 aliphatic carbocycles. The second kappa shape index (κ2) is 10.3. The molecule has 0 fully saturated rings. The smallest absolute Gasteiger partial charge is 0.123 e. The summed E-state index contributed by atoms with van der Waals surface area (Å²) >= 11 is 0. The fourth-order valence-corrected chi connectivity index (χ4v) is 3.86. The third-order valence-corrected chi connectivity index (χ3v) is 5.61. The molecule has 0 aliphatic heterocycles. The molecule has 0 saturated carbocycles. The van der Waals surface area contributed by atoms with Crippen molar-refractivity contribution in [3.63, 3.8) is 0 Å². The molecule has 0 bridgehead atoms. The summed E-state index contributed by atoms with van der Waals surface area (Å²) in [7, 11) is 1.97. The van der Waals surface area contributed by atoms with Gasteiger partial charge in [0.2, 0.25) is 0 Å². The average molecular weight is 414 g/mol. The van der Waals surface area contributed by atoms with Gasteiger partial charge < -0.3 is 5.32 Å². The molecular weight excluding hydrogens is 385 g/mol. The highest BCUT2D eigenvalue weighted by Crippen LogP contribution is 2.27. The first-order valence-electron chi connectivity index (χ1n) is 10.8. The van der Waals surface area contributed by atoms with Crippen LogP contribution in [-0.4, -0.2) is 36.6 Å². The summed E-state index contributed by atoms with van der Waals surface area (Å²) in [5, 5.41) is 4.38. The third-order valence-electron chi connectivity index (χ3n) is 5.61. The van der Waals surface area contributed by atoms with Crippen LogP contribution in [0.1, 0.15) is 11.1 Å². The van der Waals surface area contributed by atoms with Crippen LogP contribution >= 0.6 is 0 Å². The molecule has 0 spiro atoms. The Hall–Kier alpha value is -3.08. The maximum absolute atomic E-state index is 13.2. The number of halogens is 1. The van der Waals surface area contributed by atoms with E-state index < -0.39 is 0 Å². The first-order chi connectivity index (χ1) is 15.2. The predicted molar refractivity (Wildman–Crippen MR) is 126 cm³/mol. The van der Waals surface area contributed by atoms with Crippen molar-refractivity contribution >= 4 is 10.9 Å². The summed E-state index contributed by atoms with van der Waals surface area (Å²) in [6.07, 6.45) is 2.82. The topological polar surface area (TPSA) is 28.2 Å². The quantitative estimate of drug-likeness (QED) is 0.403. The lowest BCUT2D eigenvalue weighted by Gasteiger charge is -2.22. The monoisotopic (exact) mass is 413 g/mol. The number of para-hydroxylation sites is 1. The molecule has 4 rings (SSSR count). The van der Waals surface area contributed by atoms with Gasteiger partial charge in [-0.25, -0.2) is 4.39 Å². The van der Waals surface area contributed by atoms with Crippen LogP contribution in [0.25, 0.3) is 22.0 Å². The van der Waals surface area contributed by atoms with Crippen LogP contribution < -0.4 is 5.32 Å². The molecule has 1 heterocycles. The number of hydrogen-bond acceptors (Lipinski definition) is 3. The van der Waals surface area contributed by atoms with Crippen molar-refractivity contribution in [2.75, 3.05) is 26.7 Å². The number of pyridine rings is 1. The molecule has 4 heteroatoms. The van der Waals surface area contributed by atoms with E-state index in [1.165, 1.54) is 23.3 Å². The number of likely N-dealkylation sites (N-methyl/N-ethyl adjacent to an activating group) is 1. The van der Waals surface area contributed by atoms with Crippen LogP contribution in [0.2, 0.25) is 0 Å². The van der Waals surface area contributed by atoms with Gasteiger partial charge in [-0.2, -0.15) is 0 Å². The first kappa shape index (κ1) is 21.2. The third kappa shape index (κ3) is 5.54. The van der Waals surface area contributed by atoms with Crippen LogP contribution in [0.15, 0.2) is 85.1 Å². The minimum Gasteiger partial charge on any atom is -0.318 e. The SMILES string of the molecule is CNCCN(CCc1ccc(-c2cccc3cccnc23)cc1)Cc1ccc(F)cc1. The van der Waals surface area contributed by atoms with Gasteiger partial charge >= 0.3 is 0 Å². The molecular formula is C27H28FN3. The maximum Gasteiger partial charge on any atom is 0.123 e. The molecule has 31 heavy (non-hydrogen) atoms. The number of hydrogen-bond donors (Lipinski definition) is 1. The molecule has 1 aromatic heterocycles. The van der Waals surface area contributed by atoms with E-state index in [9.17, 15) is 4.39 Å². The van der Waals surface area contributed by atoms with Crippen molar-refractivity contribution in [3.8, 4) is 11.1 Å². The van der Waals surface area contributed by atoms with E-state index in [1.807, 2.05) is 31.4 Å². The normalized spacial score (nSPS) is 11.3. The summed E-state index contributed by atoms with van der Waals surface area (Å²) in [4.78, 5) is 6.99. The Balaban J connectivity index is 1.43. The molecule has 3 nitrogen and oxygen atoms in total. The number of benzene rings is 3. The fraction of sp³-hybridized carbons (Fsp3) is 0.222. The fourth-order valence-electron chi connectivity index (χ4n) is 3.86. The van der Waals surface area contributed by atoms with E-state index >= 15 is 0 Å². The van der Waals surface area contributed by atoms with Gasteiger partial charge in [-0.1, -0.05) is 60.7 Å². The zero-order valence-corrected chi connectivity index (χ0v) is 17.9. The Morgan fingerprint density at radius 1 is 0.839 bits per heavy atom. The molecule has 0 atom stereocenters. The van der Waals surface area contributed by atoms with E-state index in [0.717, 1.165) is 54.6 Å². The Kier molecular flexibility index (Phi) is 7.03. The average Bonchev–Trinajstić information content (AvgIpc) is 2.82. The summed E-state index contributed by atoms with van der Waals surface area (Å²) in [6, 6.07) is 26.0. The van der Waals surface area contributed by atoms with E-state index in [-0.39, 0.29) is 5.82 Å². The highest BCUT2D eigenvalue weighted by atomic mass is 19.1. The van der Waals surface area contributed by atoms with Crippen molar-refractivity contribution in [1.82, 2.24) is 15.2 Å². The van der Waals surface area contributed by atoms with Crippen molar-refractivity contribution in [2.24, 2.45) is 0 Å². The number of nitrogens with one attached hydrogen (secondary N) is 1. The lowest BCUT2D eigenvalue weighted by atomic mass is 10.00. The summed E-state index contributed by atoms with van der Waals surface area (Å²) in [5.41, 5.74) is 5.83. The van der Waals surface area contributed by atoms with E-state index in [1.54, 1.807) is 0 Å². The van der Waals surface area contributed by atoms with E-state index in [0.29, 0.717) is 0 Å². The Morgan fingerprint density at radius 2 is 1.58 bits per heavy atom. The number of fused-ring (bicyclic) bond motifs is 1. The van der Waals surface area contributed by atoms with Crippen LogP contribution in [0.5, 0.6) is 0 Å². The summed E-state index contributed by atoms with van der Waals surface area (Å²) in [5.74, 6) is -0.188. The number of rotatable bonds is 9. The molecule has 0 amide bonds. The van der Waals surface area contributed by atoms with Crippen LogP contribution in [0.4, 0.5) is 4.39 Å².